The highest BCUT2D eigenvalue weighted by Crippen LogP contribution is 2.40. The highest BCUT2D eigenvalue weighted by atomic mass is 16.5. The molecule has 1 aliphatic rings. The first-order valence-electron chi connectivity index (χ1n) is 6.40. The van der Waals surface area contributed by atoms with E-state index in [1.807, 2.05) is 12.2 Å². The van der Waals surface area contributed by atoms with E-state index in [4.69, 9.17) is 15.9 Å². The van der Waals surface area contributed by atoms with Gasteiger partial charge in [-0.25, -0.2) is 0 Å². The molecule has 0 saturated heterocycles. The van der Waals surface area contributed by atoms with Crippen molar-refractivity contribution < 1.29 is 19.1 Å². The summed E-state index contributed by atoms with van der Waals surface area (Å²) in [6.07, 6.45) is 12.9. The number of carbonyl (C=O) groups excluding carboxylic acids is 2. The fraction of sp³-hybridized carbons (Fsp3) is 0.600. The molecule has 104 valence electrons. The molecule has 0 bridgehead atoms. The number of rotatable bonds is 4. The molecule has 1 aliphatic carbocycles. The smallest absolute Gasteiger partial charge is 0.324 e. The van der Waals surface area contributed by atoms with Gasteiger partial charge in [0, 0.05) is 12.3 Å². The summed E-state index contributed by atoms with van der Waals surface area (Å²) in [7, 11) is 2.52. The minimum absolute atomic E-state index is 0.0125. The average Bonchev–Trinajstić information content (AvgIpc) is 2.72. The van der Waals surface area contributed by atoms with Gasteiger partial charge in [-0.1, -0.05) is 18.6 Å². The fourth-order valence-electron chi connectivity index (χ4n) is 2.58. The Balaban J connectivity index is 3.24. The maximum atomic E-state index is 12.2. The summed E-state index contributed by atoms with van der Waals surface area (Å²) < 4.78 is 9.63. The van der Waals surface area contributed by atoms with Gasteiger partial charge in [0.05, 0.1) is 14.2 Å². The molecule has 0 N–H and O–H groups in total. The van der Waals surface area contributed by atoms with E-state index in [1.54, 1.807) is 0 Å². The van der Waals surface area contributed by atoms with Gasteiger partial charge in [-0.3, -0.25) is 9.59 Å². The van der Waals surface area contributed by atoms with Crippen LogP contribution in [0.4, 0.5) is 0 Å². The normalized spacial score (nSPS) is 19.1. The van der Waals surface area contributed by atoms with Crippen molar-refractivity contribution in [2.45, 2.75) is 32.1 Å². The van der Waals surface area contributed by atoms with Gasteiger partial charge in [0.15, 0.2) is 5.41 Å². The number of hydrogen-bond acceptors (Lipinski definition) is 4. The molecule has 0 aromatic heterocycles. The van der Waals surface area contributed by atoms with Crippen molar-refractivity contribution in [3.63, 3.8) is 0 Å². The van der Waals surface area contributed by atoms with Gasteiger partial charge in [-0.2, -0.15) is 0 Å². The van der Waals surface area contributed by atoms with Gasteiger partial charge in [-0.15, -0.1) is 12.3 Å². The van der Waals surface area contributed by atoms with Crippen LogP contribution in [0.15, 0.2) is 12.2 Å². The Morgan fingerprint density at radius 1 is 1.32 bits per heavy atom. The molecule has 1 atom stereocenters. The second-order valence-electron chi connectivity index (χ2n) is 4.65. The molecule has 4 nitrogen and oxygen atoms in total. The van der Waals surface area contributed by atoms with Crippen LogP contribution in [0.5, 0.6) is 0 Å². The predicted molar refractivity (Wildman–Crippen MR) is 71.0 cm³/mol. The predicted octanol–water partition coefficient (Wildman–Crippen LogP) is 2.09. The molecular formula is C15H20O4. The number of esters is 2. The molecule has 19 heavy (non-hydrogen) atoms. The number of terminal acetylenes is 1. The van der Waals surface area contributed by atoms with E-state index in [9.17, 15) is 9.59 Å². The van der Waals surface area contributed by atoms with E-state index < -0.39 is 17.4 Å². The van der Waals surface area contributed by atoms with E-state index in [0.29, 0.717) is 0 Å². The number of allylic oxidation sites excluding steroid dienone is 2. The van der Waals surface area contributed by atoms with Crippen LogP contribution >= 0.6 is 0 Å². The summed E-state index contributed by atoms with van der Waals surface area (Å²) in [6, 6.07) is 0. The molecule has 4 heteroatoms. The van der Waals surface area contributed by atoms with E-state index in [0.717, 1.165) is 25.7 Å². The van der Waals surface area contributed by atoms with Crippen molar-refractivity contribution in [3.8, 4) is 12.3 Å². The van der Waals surface area contributed by atoms with Gasteiger partial charge in [0.2, 0.25) is 0 Å². The van der Waals surface area contributed by atoms with Crippen molar-refractivity contribution in [1.29, 1.82) is 0 Å². The van der Waals surface area contributed by atoms with Gasteiger partial charge >= 0.3 is 11.9 Å². The molecule has 0 aromatic carbocycles. The topological polar surface area (TPSA) is 52.6 Å². The third-order valence-electron chi connectivity index (χ3n) is 3.62. The van der Waals surface area contributed by atoms with Crippen molar-refractivity contribution >= 4 is 11.9 Å². The van der Waals surface area contributed by atoms with Crippen LogP contribution in [0.1, 0.15) is 32.1 Å². The maximum Gasteiger partial charge on any atom is 0.324 e. The average molecular weight is 264 g/mol. The summed E-state index contributed by atoms with van der Waals surface area (Å²) in [5.74, 6) is 0.915. The van der Waals surface area contributed by atoms with Crippen molar-refractivity contribution in [2.24, 2.45) is 11.3 Å². The maximum absolute atomic E-state index is 12.2. The first kappa shape index (κ1) is 15.3. The van der Waals surface area contributed by atoms with E-state index in [-0.39, 0.29) is 12.3 Å². The zero-order valence-electron chi connectivity index (χ0n) is 11.5. The van der Waals surface area contributed by atoms with Crippen LogP contribution in [0, 0.1) is 23.7 Å². The molecule has 0 spiro atoms. The molecule has 0 heterocycles. The summed E-state index contributed by atoms with van der Waals surface area (Å²) in [5, 5.41) is 0. The lowest BCUT2D eigenvalue weighted by molar-refractivity contribution is -0.172. The Kier molecular flexibility index (Phi) is 5.62. The minimum atomic E-state index is -1.42. The monoisotopic (exact) mass is 264 g/mol. The first-order valence-corrected chi connectivity index (χ1v) is 6.40. The third kappa shape index (κ3) is 2.98. The molecule has 0 fully saturated rings. The first-order chi connectivity index (χ1) is 9.13. The van der Waals surface area contributed by atoms with Crippen LogP contribution in [-0.2, 0) is 19.1 Å². The molecule has 1 rings (SSSR count). The fourth-order valence-corrected chi connectivity index (χ4v) is 2.58. The molecule has 0 aliphatic heterocycles. The Morgan fingerprint density at radius 3 is 2.47 bits per heavy atom. The molecular weight excluding hydrogens is 244 g/mol. The molecule has 0 aromatic rings. The van der Waals surface area contributed by atoms with E-state index in [1.165, 1.54) is 14.2 Å². The quantitative estimate of drug-likeness (QED) is 0.338. The van der Waals surface area contributed by atoms with Gasteiger partial charge in [0.1, 0.15) is 0 Å². The van der Waals surface area contributed by atoms with E-state index in [2.05, 4.69) is 5.92 Å². The minimum Gasteiger partial charge on any atom is -0.468 e. The second-order valence-corrected chi connectivity index (χ2v) is 4.65. The zero-order valence-corrected chi connectivity index (χ0v) is 11.5. The van der Waals surface area contributed by atoms with Crippen LogP contribution in [0.25, 0.3) is 0 Å². The number of methoxy groups -OCH3 is 2. The third-order valence-corrected chi connectivity index (χ3v) is 3.62. The summed E-state index contributed by atoms with van der Waals surface area (Å²) in [5.41, 5.74) is -1.42. The van der Waals surface area contributed by atoms with Crippen LogP contribution in [0.2, 0.25) is 0 Å². The largest absolute Gasteiger partial charge is 0.468 e. The number of ether oxygens (including phenoxy) is 2. The Bertz CT molecular complexity index is 387. The lowest BCUT2D eigenvalue weighted by Crippen LogP contribution is -2.46. The number of carbonyl (C=O) groups is 2. The Morgan fingerprint density at radius 2 is 1.95 bits per heavy atom. The lowest BCUT2D eigenvalue weighted by Gasteiger charge is -2.32. The van der Waals surface area contributed by atoms with Crippen LogP contribution in [0.3, 0.4) is 0 Å². The SMILES string of the molecule is C#CCC(C(=O)OC)(C(=O)OC)C1C=CCCCC1. The van der Waals surface area contributed by atoms with Crippen molar-refractivity contribution in [3.05, 3.63) is 12.2 Å². The van der Waals surface area contributed by atoms with Crippen molar-refractivity contribution in [1.82, 2.24) is 0 Å². The zero-order chi connectivity index (χ0) is 14.3. The Labute approximate surface area is 114 Å². The molecule has 1 unspecified atom stereocenters. The summed E-state index contributed by atoms with van der Waals surface area (Å²) in [4.78, 5) is 24.4. The van der Waals surface area contributed by atoms with Gasteiger partial charge in [-0.05, 0) is 19.3 Å². The lowest BCUT2D eigenvalue weighted by atomic mass is 9.71. The standard InChI is InChI=1S/C15H20O4/c1-4-11-15(13(16)18-2,14(17)19-3)12-9-7-5-6-8-10-12/h1,7,9,12H,5-6,8,10-11H2,2-3H3. The van der Waals surface area contributed by atoms with Crippen LogP contribution < -0.4 is 0 Å². The molecule has 0 radical (unpaired) electrons. The highest BCUT2D eigenvalue weighted by molar-refractivity contribution is 6.01. The van der Waals surface area contributed by atoms with Gasteiger partial charge < -0.3 is 9.47 Å². The van der Waals surface area contributed by atoms with Crippen molar-refractivity contribution in [2.75, 3.05) is 14.2 Å². The summed E-state index contributed by atoms with van der Waals surface area (Å²) in [6.45, 7) is 0. The summed E-state index contributed by atoms with van der Waals surface area (Å²) >= 11 is 0. The second kappa shape index (κ2) is 6.98. The van der Waals surface area contributed by atoms with Crippen LogP contribution in [-0.4, -0.2) is 26.2 Å². The van der Waals surface area contributed by atoms with Gasteiger partial charge in [0.25, 0.3) is 0 Å². The van der Waals surface area contributed by atoms with E-state index >= 15 is 0 Å². The Hall–Kier alpha value is -1.76. The highest BCUT2D eigenvalue weighted by Gasteiger charge is 2.53. The molecule has 0 amide bonds. The molecule has 0 saturated carbocycles. The number of hydrogen-bond donors (Lipinski definition) is 0.